The molecule has 0 aromatic heterocycles. The van der Waals surface area contributed by atoms with E-state index in [-0.39, 0.29) is 32.2 Å². The van der Waals surface area contributed by atoms with E-state index in [1.165, 1.54) is 122 Å². The molecule has 0 radical (unpaired) electrons. The number of carboxylic acid groups (broad SMARTS) is 1. The van der Waals surface area contributed by atoms with Gasteiger partial charge in [-0.15, -0.1) is 0 Å². The SMILES string of the molecule is CCCC/C=C\C/C=C\CCCCCCCC(=O)OC(COC(=O)CCCCCCCCCCCCCCCCCCCCCC)COC(OCC[N+](C)(C)C)C(=O)[O-]. The van der Waals surface area contributed by atoms with Crippen LogP contribution in [0.4, 0.5) is 0 Å². The molecule has 0 fully saturated rings. The van der Waals surface area contributed by atoms with Crippen molar-refractivity contribution in [1.29, 1.82) is 0 Å². The normalized spacial score (nSPS) is 13.0. The zero-order chi connectivity index (χ0) is 43.5. The standard InChI is InChI=1S/C50H93NO8/c1-6-8-10-12-14-16-18-20-22-23-24-25-26-27-29-30-32-34-36-38-40-47(52)57-44-46(45-58-50(49(54)55)56-43-42-51(3,4)5)59-48(53)41-39-37-35-33-31-28-21-19-17-15-13-11-9-7-2/h13,15,19,21,46,50H,6-12,14,16-18,20,22-45H2,1-5H3/b15-13-,21-19-. The fourth-order valence-corrected chi connectivity index (χ4v) is 6.85. The van der Waals surface area contributed by atoms with Crippen molar-refractivity contribution >= 4 is 17.9 Å². The third-order valence-corrected chi connectivity index (χ3v) is 10.7. The topological polar surface area (TPSA) is 111 Å². The summed E-state index contributed by atoms with van der Waals surface area (Å²) in [6.45, 7) is 4.71. The molecule has 9 nitrogen and oxygen atoms in total. The van der Waals surface area contributed by atoms with Crippen molar-refractivity contribution in [2.45, 2.75) is 232 Å². The van der Waals surface area contributed by atoms with Crippen LogP contribution in [-0.4, -0.2) is 82.3 Å². The van der Waals surface area contributed by atoms with E-state index in [0.717, 1.165) is 64.2 Å². The van der Waals surface area contributed by atoms with Gasteiger partial charge in [0.2, 0.25) is 0 Å². The van der Waals surface area contributed by atoms with Crippen LogP contribution in [0.15, 0.2) is 24.3 Å². The Balaban J connectivity index is 4.32. The molecule has 2 atom stereocenters. The Kier molecular flexibility index (Phi) is 40.9. The maximum atomic E-state index is 12.7. The molecule has 0 heterocycles. The number of likely N-dealkylation sites (N-methyl/N-ethyl adjacent to an activating group) is 1. The average Bonchev–Trinajstić information content (AvgIpc) is 3.19. The number of ether oxygens (including phenoxy) is 4. The Morgan fingerprint density at radius 2 is 0.932 bits per heavy atom. The third-order valence-electron chi connectivity index (χ3n) is 10.7. The number of carbonyl (C=O) groups is 3. The van der Waals surface area contributed by atoms with E-state index < -0.39 is 24.3 Å². The average molecular weight is 836 g/mol. The van der Waals surface area contributed by atoms with Crippen LogP contribution in [0.3, 0.4) is 0 Å². The molecule has 9 heteroatoms. The molecule has 0 aliphatic heterocycles. The number of unbranched alkanes of at least 4 members (excludes halogenated alkanes) is 26. The van der Waals surface area contributed by atoms with Crippen molar-refractivity contribution < 1.29 is 42.9 Å². The maximum Gasteiger partial charge on any atom is 0.306 e. The minimum absolute atomic E-state index is 0.147. The van der Waals surface area contributed by atoms with Gasteiger partial charge in [-0.25, -0.2) is 0 Å². The lowest BCUT2D eigenvalue weighted by molar-refractivity contribution is -0.870. The molecule has 346 valence electrons. The molecule has 0 N–H and O–H groups in total. The number of hydrogen-bond donors (Lipinski definition) is 0. The van der Waals surface area contributed by atoms with Crippen LogP contribution < -0.4 is 5.11 Å². The van der Waals surface area contributed by atoms with Crippen molar-refractivity contribution in [2.75, 3.05) is 47.5 Å². The molecule has 0 amide bonds. The number of quaternary nitrogens is 1. The number of rotatable bonds is 45. The molecule has 0 aromatic rings. The van der Waals surface area contributed by atoms with E-state index in [4.69, 9.17) is 18.9 Å². The van der Waals surface area contributed by atoms with Gasteiger partial charge in [-0.3, -0.25) is 9.59 Å². The fraction of sp³-hybridized carbons (Fsp3) is 0.860. The summed E-state index contributed by atoms with van der Waals surface area (Å²) < 4.78 is 22.6. The van der Waals surface area contributed by atoms with Crippen LogP contribution in [-0.2, 0) is 33.3 Å². The van der Waals surface area contributed by atoms with Gasteiger partial charge in [0.1, 0.15) is 13.2 Å². The summed E-state index contributed by atoms with van der Waals surface area (Å²) in [6, 6.07) is 0. The maximum absolute atomic E-state index is 12.7. The van der Waals surface area contributed by atoms with Gasteiger partial charge in [0.15, 0.2) is 12.4 Å². The smallest absolute Gasteiger partial charge is 0.306 e. The second-order valence-electron chi connectivity index (χ2n) is 17.8. The lowest BCUT2D eigenvalue weighted by Gasteiger charge is -2.26. The lowest BCUT2D eigenvalue weighted by atomic mass is 10.0. The molecular weight excluding hydrogens is 743 g/mol. The zero-order valence-corrected chi connectivity index (χ0v) is 39.1. The molecule has 0 rings (SSSR count). The molecule has 0 aliphatic rings. The summed E-state index contributed by atoms with van der Waals surface area (Å²) in [5, 5.41) is 11.7. The molecular formula is C50H93NO8. The van der Waals surface area contributed by atoms with Crippen molar-refractivity contribution in [3.8, 4) is 0 Å². The van der Waals surface area contributed by atoms with Crippen LogP contribution in [0, 0.1) is 0 Å². The van der Waals surface area contributed by atoms with Gasteiger partial charge in [-0.05, 0) is 38.5 Å². The Labute approximate surface area is 363 Å². The largest absolute Gasteiger partial charge is 0.545 e. The van der Waals surface area contributed by atoms with Crippen LogP contribution >= 0.6 is 0 Å². The lowest BCUT2D eigenvalue weighted by Crippen LogP contribution is -2.44. The molecule has 2 unspecified atom stereocenters. The van der Waals surface area contributed by atoms with Gasteiger partial charge < -0.3 is 33.3 Å². The minimum Gasteiger partial charge on any atom is -0.545 e. The highest BCUT2D eigenvalue weighted by atomic mass is 16.7. The second-order valence-corrected chi connectivity index (χ2v) is 17.8. The van der Waals surface area contributed by atoms with Gasteiger partial charge in [-0.2, -0.15) is 0 Å². The predicted molar refractivity (Wildman–Crippen MR) is 242 cm³/mol. The number of esters is 2. The number of carbonyl (C=O) groups excluding carboxylic acids is 3. The summed E-state index contributed by atoms with van der Waals surface area (Å²) in [6.07, 6.45) is 43.5. The summed E-state index contributed by atoms with van der Waals surface area (Å²) in [7, 11) is 5.91. The highest BCUT2D eigenvalue weighted by Crippen LogP contribution is 2.16. The quantitative estimate of drug-likeness (QED) is 0.0196. The summed E-state index contributed by atoms with van der Waals surface area (Å²) in [5.41, 5.74) is 0. The van der Waals surface area contributed by atoms with Gasteiger partial charge in [0, 0.05) is 12.8 Å². The van der Waals surface area contributed by atoms with E-state index in [1.807, 2.05) is 21.1 Å². The third kappa shape index (κ3) is 43.7. The number of aliphatic carboxylic acids is 1. The number of carboxylic acids is 1. The van der Waals surface area contributed by atoms with Crippen molar-refractivity contribution in [3.63, 3.8) is 0 Å². The van der Waals surface area contributed by atoms with Crippen LogP contribution in [0.2, 0.25) is 0 Å². The summed E-state index contributed by atoms with van der Waals surface area (Å²) >= 11 is 0. The fourth-order valence-electron chi connectivity index (χ4n) is 6.85. The minimum atomic E-state index is -1.62. The Hall–Kier alpha value is -2.23. The monoisotopic (exact) mass is 836 g/mol. The van der Waals surface area contributed by atoms with E-state index in [1.54, 1.807) is 0 Å². The first-order chi connectivity index (χ1) is 28.6. The van der Waals surface area contributed by atoms with Gasteiger partial charge in [-0.1, -0.05) is 192 Å². The van der Waals surface area contributed by atoms with Gasteiger partial charge >= 0.3 is 11.9 Å². The molecule has 0 spiro atoms. The molecule has 59 heavy (non-hydrogen) atoms. The van der Waals surface area contributed by atoms with Gasteiger partial charge in [0.05, 0.1) is 40.3 Å². The second kappa shape index (κ2) is 42.5. The zero-order valence-electron chi connectivity index (χ0n) is 39.1. The van der Waals surface area contributed by atoms with Crippen LogP contribution in [0.5, 0.6) is 0 Å². The van der Waals surface area contributed by atoms with Gasteiger partial charge in [0.25, 0.3) is 0 Å². The van der Waals surface area contributed by atoms with Crippen molar-refractivity contribution in [2.24, 2.45) is 0 Å². The summed E-state index contributed by atoms with van der Waals surface area (Å²) in [4.78, 5) is 37.0. The predicted octanol–water partition coefficient (Wildman–Crippen LogP) is 11.9. The van der Waals surface area contributed by atoms with Crippen LogP contribution in [0.1, 0.15) is 219 Å². The number of hydrogen-bond acceptors (Lipinski definition) is 8. The first-order valence-electron chi connectivity index (χ1n) is 24.5. The molecule has 0 aliphatic carbocycles. The number of allylic oxidation sites excluding steroid dienone is 4. The first-order valence-corrected chi connectivity index (χ1v) is 24.5. The highest BCUT2D eigenvalue weighted by molar-refractivity contribution is 5.70. The number of nitrogens with zero attached hydrogens (tertiary/aromatic N) is 1. The summed E-state index contributed by atoms with van der Waals surface area (Å²) in [5.74, 6) is -2.29. The molecule has 0 saturated carbocycles. The Morgan fingerprint density at radius 1 is 0.508 bits per heavy atom. The van der Waals surface area contributed by atoms with E-state index in [0.29, 0.717) is 23.9 Å². The molecule has 0 bridgehead atoms. The molecule has 0 saturated heterocycles. The van der Waals surface area contributed by atoms with Crippen molar-refractivity contribution in [3.05, 3.63) is 24.3 Å². The van der Waals surface area contributed by atoms with Crippen LogP contribution in [0.25, 0.3) is 0 Å². The van der Waals surface area contributed by atoms with E-state index in [9.17, 15) is 19.5 Å². The first kappa shape index (κ1) is 56.8. The van der Waals surface area contributed by atoms with E-state index >= 15 is 0 Å². The molecule has 0 aromatic carbocycles. The van der Waals surface area contributed by atoms with E-state index in [2.05, 4.69) is 38.2 Å². The Morgan fingerprint density at radius 3 is 1.39 bits per heavy atom. The highest BCUT2D eigenvalue weighted by Gasteiger charge is 2.21. The van der Waals surface area contributed by atoms with Crippen molar-refractivity contribution in [1.82, 2.24) is 0 Å². The Bertz CT molecular complexity index is 1020.